The van der Waals surface area contributed by atoms with Gasteiger partial charge < -0.3 is 9.15 Å². The summed E-state index contributed by atoms with van der Waals surface area (Å²) in [6.45, 7) is 2.68. The Balaban J connectivity index is 1.89. The van der Waals surface area contributed by atoms with Gasteiger partial charge in [-0.15, -0.1) is 10.2 Å². The second-order valence-corrected chi connectivity index (χ2v) is 5.64. The van der Waals surface area contributed by atoms with Crippen molar-refractivity contribution in [2.45, 2.75) is 13.3 Å². The summed E-state index contributed by atoms with van der Waals surface area (Å²) in [6.07, 6.45) is 0.925. The Hall–Kier alpha value is -2.93. The van der Waals surface area contributed by atoms with Crippen LogP contribution in [0.1, 0.15) is 13.3 Å². The van der Waals surface area contributed by atoms with Crippen LogP contribution in [0.3, 0.4) is 0 Å². The molecule has 0 spiro atoms. The highest BCUT2D eigenvalue weighted by molar-refractivity contribution is 6.30. The molecule has 0 amide bonds. The largest absolute Gasteiger partial charge is 0.494 e. The maximum Gasteiger partial charge on any atom is 0.283 e. The molecule has 0 saturated carbocycles. The van der Waals surface area contributed by atoms with Gasteiger partial charge in [-0.3, -0.25) is 10.1 Å². The van der Waals surface area contributed by atoms with E-state index in [1.54, 1.807) is 24.3 Å². The molecular weight excluding hydrogens is 346 g/mol. The molecular formula is C17H14ClN3O4. The number of hydrogen-bond donors (Lipinski definition) is 0. The molecule has 1 heterocycles. The molecule has 0 aliphatic rings. The van der Waals surface area contributed by atoms with Gasteiger partial charge in [0.25, 0.3) is 11.6 Å². The number of rotatable bonds is 6. The van der Waals surface area contributed by atoms with Gasteiger partial charge in [-0.2, -0.15) is 0 Å². The standard InChI is InChI=1S/C17H14ClN3O4/c1-2-9-24-13-6-3-11(4-7-13)16-19-20-17(25-16)14-8-5-12(18)10-15(14)21(22)23/h3-8,10H,2,9H2,1H3. The van der Waals surface area contributed by atoms with E-state index in [1.165, 1.54) is 18.2 Å². The van der Waals surface area contributed by atoms with E-state index in [9.17, 15) is 10.1 Å². The molecule has 0 aliphatic heterocycles. The third-order valence-electron chi connectivity index (χ3n) is 3.39. The first-order valence-corrected chi connectivity index (χ1v) is 7.97. The van der Waals surface area contributed by atoms with Crippen LogP contribution in [-0.4, -0.2) is 21.7 Å². The van der Waals surface area contributed by atoms with E-state index in [2.05, 4.69) is 10.2 Å². The second-order valence-electron chi connectivity index (χ2n) is 5.20. The van der Waals surface area contributed by atoms with Crippen molar-refractivity contribution in [1.29, 1.82) is 0 Å². The highest BCUT2D eigenvalue weighted by Crippen LogP contribution is 2.33. The molecule has 2 aromatic carbocycles. The summed E-state index contributed by atoms with van der Waals surface area (Å²) < 4.78 is 11.1. The monoisotopic (exact) mass is 359 g/mol. The highest BCUT2D eigenvalue weighted by atomic mass is 35.5. The van der Waals surface area contributed by atoms with Crippen molar-refractivity contribution in [1.82, 2.24) is 10.2 Å². The van der Waals surface area contributed by atoms with E-state index in [0.717, 1.165) is 12.2 Å². The summed E-state index contributed by atoms with van der Waals surface area (Å²) in [4.78, 5) is 10.7. The van der Waals surface area contributed by atoms with Gasteiger partial charge >= 0.3 is 0 Å². The van der Waals surface area contributed by atoms with Gasteiger partial charge in [-0.1, -0.05) is 18.5 Å². The fourth-order valence-electron chi connectivity index (χ4n) is 2.20. The number of nitrogens with zero attached hydrogens (tertiary/aromatic N) is 3. The lowest BCUT2D eigenvalue weighted by Crippen LogP contribution is -1.94. The van der Waals surface area contributed by atoms with E-state index in [1.807, 2.05) is 6.92 Å². The van der Waals surface area contributed by atoms with Crippen LogP contribution in [0, 0.1) is 10.1 Å². The molecule has 0 N–H and O–H groups in total. The lowest BCUT2D eigenvalue weighted by Gasteiger charge is -2.04. The zero-order chi connectivity index (χ0) is 17.8. The molecule has 7 nitrogen and oxygen atoms in total. The zero-order valence-electron chi connectivity index (χ0n) is 13.3. The minimum Gasteiger partial charge on any atom is -0.494 e. The molecule has 0 radical (unpaired) electrons. The number of halogens is 1. The van der Waals surface area contributed by atoms with E-state index < -0.39 is 4.92 Å². The van der Waals surface area contributed by atoms with Crippen molar-refractivity contribution in [3.63, 3.8) is 0 Å². The van der Waals surface area contributed by atoms with Gasteiger partial charge in [0.05, 0.1) is 11.5 Å². The van der Waals surface area contributed by atoms with E-state index in [-0.39, 0.29) is 28.1 Å². The van der Waals surface area contributed by atoms with E-state index in [0.29, 0.717) is 12.2 Å². The SMILES string of the molecule is CCCOc1ccc(-c2nnc(-c3ccc(Cl)cc3[N+](=O)[O-])o2)cc1. The molecule has 1 aromatic heterocycles. The molecule has 3 rings (SSSR count). The number of aromatic nitrogens is 2. The maximum absolute atomic E-state index is 11.2. The van der Waals surface area contributed by atoms with E-state index >= 15 is 0 Å². The van der Waals surface area contributed by atoms with Crippen molar-refractivity contribution in [2.24, 2.45) is 0 Å². The van der Waals surface area contributed by atoms with Gasteiger partial charge in [-0.25, -0.2) is 0 Å². The number of ether oxygens (including phenoxy) is 1. The van der Waals surface area contributed by atoms with Gasteiger partial charge in [0, 0.05) is 16.7 Å². The topological polar surface area (TPSA) is 91.3 Å². The summed E-state index contributed by atoms with van der Waals surface area (Å²) in [5.41, 5.74) is 0.723. The van der Waals surface area contributed by atoms with Gasteiger partial charge in [0.15, 0.2) is 0 Å². The van der Waals surface area contributed by atoms with Gasteiger partial charge in [0.2, 0.25) is 5.89 Å². The molecule has 0 saturated heterocycles. The van der Waals surface area contributed by atoms with Crippen LogP contribution in [0.15, 0.2) is 46.9 Å². The molecule has 0 atom stereocenters. The third kappa shape index (κ3) is 3.77. The number of benzene rings is 2. The fourth-order valence-corrected chi connectivity index (χ4v) is 2.37. The molecule has 0 fully saturated rings. The highest BCUT2D eigenvalue weighted by Gasteiger charge is 2.21. The Morgan fingerprint density at radius 1 is 1.16 bits per heavy atom. The Kier molecular flexibility index (Phi) is 4.95. The van der Waals surface area contributed by atoms with Crippen LogP contribution in [0.25, 0.3) is 22.9 Å². The Labute approximate surface area is 148 Å². The Morgan fingerprint density at radius 3 is 2.56 bits per heavy atom. The summed E-state index contributed by atoms with van der Waals surface area (Å²) in [7, 11) is 0. The van der Waals surface area contributed by atoms with Gasteiger partial charge in [-0.05, 0) is 42.8 Å². The van der Waals surface area contributed by atoms with Crippen LogP contribution in [-0.2, 0) is 0 Å². The summed E-state index contributed by atoms with van der Waals surface area (Å²) in [5, 5.41) is 19.3. The molecule has 3 aromatic rings. The summed E-state index contributed by atoms with van der Waals surface area (Å²) in [6, 6.07) is 11.5. The molecule has 128 valence electrons. The summed E-state index contributed by atoms with van der Waals surface area (Å²) >= 11 is 5.82. The maximum atomic E-state index is 11.2. The third-order valence-corrected chi connectivity index (χ3v) is 3.62. The fraction of sp³-hybridized carbons (Fsp3) is 0.176. The molecule has 8 heteroatoms. The number of hydrogen-bond acceptors (Lipinski definition) is 6. The molecule has 0 bridgehead atoms. The molecule has 0 aliphatic carbocycles. The minimum atomic E-state index is -0.537. The number of nitro benzene ring substituents is 1. The predicted molar refractivity (Wildman–Crippen MR) is 92.6 cm³/mol. The first-order valence-electron chi connectivity index (χ1n) is 7.59. The van der Waals surface area contributed by atoms with Gasteiger partial charge in [0.1, 0.15) is 11.3 Å². The van der Waals surface area contributed by atoms with Crippen LogP contribution < -0.4 is 4.74 Å². The Morgan fingerprint density at radius 2 is 1.88 bits per heavy atom. The molecule has 0 unspecified atom stereocenters. The van der Waals surface area contributed by atoms with Crippen molar-refractivity contribution < 1.29 is 14.1 Å². The first-order chi connectivity index (χ1) is 12.1. The first kappa shape index (κ1) is 16.9. The second kappa shape index (κ2) is 7.31. The van der Waals surface area contributed by atoms with E-state index in [4.69, 9.17) is 20.8 Å². The normalized spacial score (nSPS) is 10.6. The minimum absolute atomic E-state index is 0.0599. The quantitative estimate of drug-likeness (QED) is 0.465. The predicted octanol–water partition coefficient (Wildman–Crippen LogP) is 4.75. The summed E-state index contributed by atoms with van der Waals surface area (Å²) in [5.74, 6) is 1.07. The van der Waals surface area contributed by atoms with Crippen LogP contribution in [0.5, 0.6) is 5.75 Å². The van der Waals surface area contributed by atoms with Crippen LogP contribution in [0.2, 0.25) is 5.02 Å². The van der Waals surface area contributed by atoms with Crippen molar-refractivity contribution in [2.75, 3.05) is 6.61 Å². The Bertz CT molecular complexity index is 893. The smallest absolute Gasteiger partial charge is 0.283 e. The molecule has 25 heavy (non-hydrogen) atoms. The van der Waals surface area contributed by atoms with Crippen molar-refractivity contribution >= 4 is 17.3 Å². The average Bonchev–Trinajstić information content (AvgIpc) is 3.10. The number of nitro groups is 1. The van der Waals surface area contributed by atoms with Crippen molar-refractivity contribution in [3.8, 4) is 28.7 Å². The van der Waals surface area contributed by atoms with Crippen LogP contribution >= 0.6 is 11.6 Å². The van der Waals surface area contributed by atoms with Crippen molar-refractivity contribution in [3.05, 3.63) is 57.6 Å². The lowest BCUT2D eigenvalue weighted by atomic mass is 10.2. The zero-order valence-corrected chi connectivity index (χ0v) is 14.1. The average molecular weight is 360 g/mol. The van der Waals surface area contributed by atoms with Crippen LogP contribution in [0.4, 0.5) is 5.69 Å². The lowest BCUT2D eigenvalue weighted by molar-refractivity contribution is -0.384.